The molecule has 5 heteroatoms. The summed E-state index contributed by atoms with van der Waals surface area (Å²) in [6, 6.07) is 6.43. The number of pyridine rings is 2. The summed E-state index contributed by atoms with van der Waals surface area (Å²) >= 11 is 0. The highest BCUT2D eigenvalue weighted by Gasteiger charge is 2.09. The second-order valence-corrected chi connectivity index (χ2v) is 3.52. The van der Waals surface area contributed by atoms with Crippen molar-refractivity contribution in [3.63, 3.8) is 0 Å². The highest BCUT2D eigenvalue weighted by molar-refractivity contribution is 5.86. The van der Waals surface area contributed by atoms with E-state index >= 15 is 0 Å². The summed E-state index contributed by atoms with van der Waals surface area (Å²) in [5.41, 5.74) is 0.109. The first kappa shape index (κ1) is 11.1. The van der Waals surface area contributed by atoms with Gasteiger partial charge >= 0.3 is 5.97 Å². The van der Waals surface area contributed by atoms with Crippen LogP contribution in [0.5, 0.6) is 0 Å². The second-order valence-electron chi connectivity index (χ2n) is 3.52. The van der Waals surface area contributed by atoms with Crippen LogP contribution in [0.15, 0.2) is 47.7 Å². The molecule has 0 spiro atoms. The predicted molar refractivity (Wildman–Crippen MR) is 61.0 cm³/mol. The standard InChI is InChI=1S/C12H10N2O3/c15-11-10(12(16)17)4-2-6-14(11)8-9-3-1-5-13-7-9/h1-7H,8H2,(H,16,17). The molecular weight excluding hydrogens is 220 g/mol. The molecule has 0 unspecified atom stereocenters. The van der Waals surface area contributed by atoms with Gasteiger partial charge in [-0.15, -0.1) is 0 Å². The predicted octanol–water partition coefficient (Wildman–Crippen LogP) is 0.990. The Kier molecular flexibility index (Phi) is 3.00. The Hall–Kier alpha value is -2.43. The van der Waals surface area contributed by atoms with Crippen molar-refractivity contribution in [1.29, 1.82) is 0 Å². The van der Waals surface area contributed by atoms with Gasteiger partial charge in [-0.25, -0.2) is 4.79 Å². The van der Waals surface area contributed by atoms with Crippen molar-refractivity contribution in [2.24, 2.45) is 0 Å². The van der Waals surface area contributed by atoms with Crippen molar-refractivity contribution < 1.29 is 9.90 Å². The fourth-order valence-electron chi connectivity index (χ4n) is 1.51. The molecule has 0 atom stereocenters. The molecule has 2 aromatic rings. The molecule has 0 radical (unpaired) electrons. The van der Waals surface area contributed by atoms with Gasteiger partial charge in [-0.3, -0.25) is 9.78 Å². The van der Waals surface area contributed by atoms with E-state index in [-0.39, 0.29) is 5.56 Å². The molecule has 0 saturated heterocycles. The summed E-state index contributed by atoms with van der Waals surface area (Å²) < 4.78 is 1.35. The molecule has 0 bridgehead atoms. The third-order valence-electron chi connectivity index (χ3n) is 2.33. The highest BCUT2D eigenvalue weighted by atomic mass is 16.4. The number of hydrogen-bond donors (Lipinski definition) is 1. The van der Waals surface area contributed by atoms with Crippen LogP contribution >= 0.6 is 0 Å². The van der Waals surface area contributed by atoms with Gasteiger partial charge in [-0.2, -0.15) is 0 Å². The summed E-state index contributed by atoms with van der Waals surface area (Å²) in [7, 11) is 0. The molecule has 2 heterocycles. The molecule has 2 rings (SSSR count). The number of rotatable bonds is 3. The maximum absolute atomic E-state index is 11.8. The molecule has 0 fully saturated rings. The number of carboxylic acids is 1. The molecule has 17 heavy (non-hydrogen) atoms. The minimum Gasteiger partial charge on any atom is -0.477 e. The lowest BCUT2D eigenvalue weighted by Gasteiger charge is -2.05. The molecule has 1 N–H and O–H groups in total. The topological polar surface area (TPSA) is 72.2 Å². The second kappa shape index (κ2) is 4.61. The van der Waals surface area contributed by atoms with Gasteiger partial charge in [0.25, 0.3) is 5.56 Å². The number of nitrogens with zero attached hydrogens (tertiary/aromatic N) is 2. The molecule has 0 aliphatic rings. The van der Waals surface area contributed by atoms with E-state index < -0.39 is 11.5 Å². The average molecular weight is 230 g/mol. The summed E-state index contributed by atoms with van der Waals surface area (Å²) in [6.07, 6.45) is 4.83. The van der Waals surface area contributed by atoms with Crippen LogP contribution in [0.1, 0.15) is 15.9 Å². The molecule has 0 amide bonds. The van der Waals surface area contributed by atoms with E-state index in [1.807, 2.05) is 6.07 Å². The van der Waals surface area contributed by atoms with E-state index in [9.17, 15) is 9.59 Å². The lowest BCUT2D eigenvalue weighted by Crippen LogP contribution is -2.25. The van der Waals surface area contributed by atoms with Gasteiger partial charge in [0.05, 0.1) is 6.54 Å². The van der Waals surface area contributed by atoms with Gasteiger partial charge < -0.3 is 9.67 Å². The zero-order valence-corrected chi connectivity index (χ0v) is 8.91. The molecular formula is C12H10N2O3. The summed E-state index contributed by atoms with van der Waals surface area (Å²) in [5.74, 6) is -1.21. The van der Waals surface area contributed by atoms with Crippen molar-refractivity contribution in [2.75, 3.05) is 0 Å². The van der Waals surface area contributed by atoms with Crippen LogP contribution < -0.4 is 5.56 Å². The van der Waals surface area contributed by atoms with Gasteiger partial charge in [0.2, 0.25) is 0 Å². The zero-order valence-electron chi connectivity index (χ0n) is 8.91. The largest absolute Gasteiger partial charge is 0.477 e. The van der Waals surface area contributed by atoms with Gasteiger partial charge in [0.15, 0.2) is 0 Å². The first-order chi connectivity index (χ1) is 8.18. The van der Waals surface area contributed by atoms with Crippen molar-refractivity contribution in [3.8, 4) is 0 Å². The van der Waals surface area contributed by atoms with Gasteiger partial charge in [0.1, 0.15) is 5.56 Å². The Morgan fingerprint density at radius 3 is 2.82 bits per heavy atom. The Morgan fingerprint density at radius 2 is 2.18 bits per heavy atom. The van der Waals surface area contributed by atoms with Crippen LogP contribution in [0.25, 0.3) is 0 Å². The van der Waals surface area contributed by atoms with E-state index in [1.54, 1.807) is 30.7 Å². The lowest BCUT2D eigenvalue weighted by atomic mass is 10.2. The maximum atomic E-state index is 11.8. The van der Waals surface area contributed by atoms with Crippen molar-refractivity contribution in [2.45, 2.75) is 6.54 Å². The average Bonchev–Trinajstić information content (AvgIpc) is 2.33. The fraction of sp³-hybridized carbons (Fsp3) is 0.0833. The highest BCUT2D eigenvalue weighted by Crippen LogP contribution is 1.99. The monoisotopic (exact) mass is 230 g/mol. The van der Waals surface area contributed by atoms with Gasteiger partial charge in [0, 0.05) is 18.6 Å². The fourth-order valence-corrected chi connectivity index (χ4v) is 1.51. The summed E-state index contributed by atoms with van der Waals surface area (Å²) in [4.78, 5) is 26.5. The smallest absolute Gasteiger partial charge is 0.341 e. The van der Waals surface area contributed by atoms with E-state index in [2.05, 4.69) is 4.98 Å². The number of hydrogen-bond acceptors (Lipinski definition) is 3. The zero-order chi connectivity index (χ0) is 12.3. The van der Waals surface area contributed by atoms with Gasteiger partial charge in [-0.05, 0) is 23.8 Å². The molecule has 5 nitrogen and oxygen atoms in total. The number of carboxylic acid groups (broad SMARTS) is 1. The summed E-state index contributed by atoms with van der Waals surface area (Å²) in [6.45, 7) is 0.313. The van der Waals surface area contributed by atoms with E-state index in [0.29, 0.717) is 6.54 Å². The van der Waals surface area contributed by atoms with Crippen molar-refractivity contribution >= 4 is 5.97 Å². The van der Waals surface area contributed by atoms with Crippen LogP contribution in [0.2, 0.25) is 0 Å². The molecule has 0 aliphatic heterocycles. The van der Waals surface area contributed by atoms with Crippen molar-refractivity contribution in [1.82, 2.24) is 9.55 Å². The number of aromatic carboxylic acids is 1. The first-order valence-electron chi connectivity index (χ1n) is 5.00. The minimum atomic E-state index is -1.21. The SMILES string of the molecule is O=C(O)c1cccn(Cc2cccnc2)c1=O. The Bertz CT molecular complexity index is 590. The maximum Gasteiger partial charge on any atom is 0.341 e. The van der Waals surface area contributed by atoms with Crippen LogP contribution in [0, 0.1) is 0 Å². The summed E-state index contributed by atoms with van der Waals surface area (Å²) in [5, 5.41) is 8.83. The minimum absolute atomic E-state index is 0.226. The quantitative estimate of drug-likeness (QED) is 0.853. The van der Waals surface area contributed by atoms with Crippen molar-refractivity contribution in [3.05, 3.63) is 64.3 Å². The molecule has 0 aromatic carbocycles. The Morgan fingerprint density at radius 1 is 1.35 bits per heavy atom. The molecule has 0 aliphatic carbocycles. The van der Waals surface area contributed by atoms with E-state index in [0.717, 1.165) is 5.56 Å². The van der Waals surface area contributed by atoms with E-state index in [1.165, 1.54) is 10.6 Å². The molecule has 2 aromatic heterocycles. The Labute approximate surface area is 97.0 Å². The van der Waals surface area contributed by atoms with E-state index in [4.69, 9.17) is 5.11 Å². The van der Waals surface area contributed by atoms with Gasteiger partial charge in [-0.1, -0.05) is 6.07 Å². The van der Waals surface area contributed by atoms with Crippen LogP contribution in [0.3, 0.4) is 0 Å². The molecule has 0 saturated carbocycles. The third-order valence-corrected chi connectivity index (χ3v) is 2.33. The Balaban J connectivity index is 2.38. The third kappa shape index (κ3) is 2.39. The number of carbonyl (C=O) groups is 1. The lowest BCUT2D eigenvalue weighted by molar-refractivity contribution is 0.0694. The van der Waals surface area contributed by atoms with Crippen LogP contribution in [0.4, 0.5) is 0 Å². The van der Waals surface area contributed by atoms with Crippen LogP contribution in [-0.2, 0) is 6.54 Å². The van der Waals surface area contributed by atoms with Crippen LogP contribution in [-0.4, -0.2) is 20.6 Å². The normalized spacial score (nSPS) is 10.1. The first-order valence-corrected chi connectivity index (χ1v) is 5.00. The molecule has 86 valence electrons. The number of aromatic nitrogens is 2.